The zero-order chi connectivity index (χ0) is 27.1. The van der Waals surface area contributed by atoms with Gasteiger partial charge in [-0.15, -0.1) is 0 Å². The molecule has 202 valence electrons. The van der Waals surface area contributed by atoms with Crippen LogP contribution in [0.1, 0.15) is 19.8 Å². The van der Waals surface area contributed by atoms with Gasteiger partial charge in [0.1, 0.15) is 11.5 Å². The number of nitrogens with one attached hydrogen (secondary N) is 1. The van der Waals surface area contributed by atoms with Gasteiger partial charge < -0.3 is 39.5 Å². The molecule has 0 aromatic heterocycles. The minimum Gasteiger partial charge on any atom is -0.477 e. The maximum atomic E-state index is 13.4. The molecule has 1 aliphatic rings. The Kier molecular flexibility index (Phi) is 9.66. The highest BCUT2D eigenvalue weighted by Gasteiger charge is 2.51. The molecule has 5 atom stereocenters. The average Bonchev–Trinajstić information content (AvgIpc) is 2.83. The smallest absolute Gasteiger partial charge is 0.477 e. The molecule has 1 fully saturated rings. The molecule has 3 rings (SSSR count). The number of phosphoric ester groups is 1. The summed E-state index contributed by atoms with van der Waals surface area (Å²) >= 11 is 0. The van der Waals surface area contributed by atoms with E-state index < -0.39 is 62.7 Å². The molecular formula is C24H30NO11P. The second-order valence-electron chi connectivity index (χ2n) is 8.56. The fourth-order valence-corrected chi connectivity index (χ4v) is 5.02. The molecule has 12 nitrogen and oxygen atoms in total. The van der Waals surface area contributed by atoms with E-state index in [0.29, 0.717) is 0 Å². The largest absolute Gasteiger partial charge is 0.587 e. The number of benzene rings is 2. The van der Waals surface area contributed by atoms with Gasteiger partial charge in [0.05, 0.1) is 24.9 Å². The number of carbonyl (C=O) groups excluding carboxylic acids is 1. The standard InChI is InChI=1S/C24H30NO11P/c1-16(26)25-14-20-21(28)13-24(31,23(29)30)34-22(20)12-17(27)15-33-37(32,35-18-8-4-2-5-9-18)36-19-10-6-3-7-11-19/h2-11,17,20-22,27-28,31H,12-15H2,1H3,(H,25,26)(H,29,30)/t17-,20?,21?,22?,24?/m0/s1. The molecule has 4 unspecified atom stereocenters. The van der Waals surface area contributed by atoms with Crippen molar-refractivity contribution in [2.45, 2.75) is 43.9 Å². The van der Waals surface area contributed by atoms with E-state index in [4.69, 9.17) is 18.3 Å². The Morgan fingerprint density at radius 3 is 2.14 bits per heavy atom. The lowest BCUT2D eigenvalue weighted by molar-refractivity contribution is -0.287. The van der Waals surface area contributed by atoms with Crippen molar-refractivity contribution >= 4 is 19.7 Å². The lowest BCUT2D eigenvalue weighted by atomic mass is 9.84. The third kappa shape index (κ3) is 8.26. The first-order chi connectivity index (χ1) is 17.5. The van der Waals surface area contributed by atoms with Gasteiger partial charge in [-0.1, -0.05) is 36.4 Å². The lowest BCUT2D eigenvalue weighted by Gasteiger charge is -2.43. The van der Waals surface area contributed by atoms with Crippen LogP contribution in [0.15, 0.2) is 60.7 Å². The SMILES string of the molecule is CC(=O)NCC1C(O)CC(O)(C(=O)O)OC1C[C@H](O)COP(=O)(Oc1ccccc1)Oc1ccccc1. The third-order valence-electron chi connectivity index (χ3n) is 5.58. The van der Waals surface area contributed by atoms with E-state index in [1.807, 2.05) is 0 Å². The number of aliphatic carboxylic acids is 1. The number of hydrogen-bond acceptors (Lipinski definition) is 10. The van der Waals surface area contributed by atoms with E-state index in [2.05, 4.69) is 5.32 Å². The Hall–Kier alpha value is -2.99. The summed E-state index contributed by atoms with van der Waals surface area (Å²) in [7, 11) is -4.32. The molecule has 0 radical (unpaired) electrons. The Bertz CT molecular complexity index is 1040. The van der Waals surface area contributed by atoms with E-state index >= 15 is 0 Å². The van der Waals surface area contributed by atoms with E-state index in [1.54, 1.807) is 36.4 Å². The molecule has 2 aromatic rings. The minimum absolute atomic E-state index is 0.100. The van der Waals surface area contributed by atoms with Gasteiger partial charge in [-0.05, 0) is 24.3 Å². The van der Waals surface area contributed by atoms with Crippen LogP contribution in [0.4, 0.5) is 0 Å². The first-order valence-corrected chi connectivity index (χ1v) is 12.9. The molecule has 37 heavy (non-hydrogen) atoms. The summed E-state index contributed by atoms with van der Waals surface area (Å²) < 4.78 is 35.1. The molecule has 0 spiro atoms. The predicted molar refractivity (Wildman–Crippen MR) is 129 cm³/mol. The Labute approximate surface area is 213 Å². The van der Waals surface area contributed by atoms with Gasteiger partial charge in [0.2, 0.25) is 5.91 Å². The van der Waals surface area contributed by atoms with Crippen molar-refractivity contribution in [3.05, 3.63) is 60.7 Å². The van der Waals surface area contributed by atoms with E-state index in [-0.39, 0.29) is 24.5 Å². The molecule has 13 heteroatoms. The van der Waals surface area contributed by atoms with Crippen molar-refractivity contribution in [2.75, 3.05) is 13.2 Å². The first kappa shape index (κ1) is 28.6. The van der Waals surface area contributed by atoms with Gasteiger partial charge in [0.15, 0.2) is 0 Å². The van der Waals surface area contributed by atoms with Crippen molar-refractivity contribution in [1.29, 1.82) is 0 Å². The average molecular weight is 539 g/mol. The molecule has 0 bridgehead atoms. The van der Waals surface area contributed by atoms with Crippen molar-refractivity contribution < 1.29 is 52.9 Å². The van der Waals surface area contributed by atoms with Crippen LogP contribution < -0.4 is 14.4 Å². The van der Waals surface area contributed by atoms with E-state index in [9.17, 15) is 34.6 Å². The summed E-state index contributed by atoms with van der Waals surface area (Å²) in [5.41, 5.74) is 0. The molecule has 5 N–H and O–H groups in total. The van der Waals surface area contributed by atoms with E-state index in [1.165, 1.54) is 31.2 Å². The van der Waals surface area contributed by atoms with Gasteiger partial charge in [0, 0.05) is 32.2 Å². The number of carbonyl (C=O) groups is 2. The number of phosphoric acid groups is 1. The fourth-order valence-electron chi connectivity index (χ4n) is 3.76. The Morgan fingerprint density at radius 2 is 1.65 bits per heavy atom. The normalized spacial score (nSPS) is 24.6. The molecule has 1 heterocycles. The number of rotatable bonds is 12. The third-order valence-corrected chi connectivity index (χ3v) is 6.91. The predicted octanol–water partition coefficient (Wildman–Crippen LogP) is 1.70. The Balaban J connectivity index is 1.72. The minimum atomic E-state index is -4.32. The second kappa shape index (κ2) is 12.5. The number of ether oxygens (including phenoxy) is 1. The monoisotopic (exact) mass is 539 g/mol. The molecule has 0 aliphatic carbocycles. The van der Waals surface area contributed by atoms with Crippen molar-refractivity contribution in [2.24, 2.45) is 5.92 Å². The fraction of sp³-hybridized carbons (Fsp3) is 0.417. The summed E-state index contributed by atoms with van der Waals surface area (Å²) in [6, 6.07) is 16.2. The highest BCUT2D eigenvalue weighted by molar-refractivity contribution is 7.49. The van der Waals surface area contributed by atoms with Crippen LogP contribution in [0.2, 0.25) is 0 Å². The summed E-state index contributed by atoms with van der Waals surface area (Å²) in [5, 5.41) is 43.3. The van der Waals surface area contributed by atoms with Crippen molar-refractivity contribution in [3.63, 3.8) is 0 Å². The number of aliphatic hydroxyl groups excluding tert-OH is 2. The maximum absolute atomic E-state index is 13.4. The molecule has 2 aromatic carbocycles. The second-order valence-corrected chi connectivity index (χ2v) is 10.1. The van der Waals surface area contributed by atoms with Crippen LogP contribution in [0.25, 0.3) is 0 Å². The molecule has 1 amide bonds. The quantitative estimate of drug-likeness (QED) is 0.248. The highest BCUT2D eigenvalue weighted by atomic mass is 31.2. The number of para-hydroxylation sites is 2. The maximum Gasteiger partial charge on any atom is 0.587 e. The summed E-state index contributed by atoms with van der Waals surface area (Å²) in [5.74, 6) is -5.28. The van der Waals surface area contributed by atoms with Crippen molar-refractivity contribution in [1.82, 2.24) is 5.32 Å². The van der Waals surface area contributed by atoms with Crippen LogP contribution in [0.3, 0.4) is 0 Å². The van der Waals surface area contributed by atoms with Crippen LogP contribution in [-0.4, -0.2) is 69.6 Å². The van der Waals surface area contributed by atoms with Crippen LogP contribution in [-0.2, 0) is 23.4 Å². The molecule has 0 saturated carbocycles. The van der Waals surface area contributed by atoms with Gasteiger partial charge in [-0.3, -0.25) is 9.32 Å². The van der Waals surface area contributed by atoms with Gasteiger partial charge in [0.25, 0.3) is 5.79 Å². The first-order valence-electron chi connectivity index (χ1n) is 11.5. The van der Waals surface area contributed by atoms with Crippen LogP contribution >= 0.6 is 7.82 Å². The molecule has 1 saturated heterocycles. The number of carboxylic acids is 1. The van der Waals surface area contributed by atoms with Crippen LogP contribution in [0, 0.1) is 5.92 Å². The summed E-state index contributed by atoms with van der Waals surface area (Å²) in [4.78, 5) is 22.9. The zero-order valence-corrected chi connectivity index (χ0v) is 20.9. The highest BCUT2D eigenvalue weighted by Crippen LogP contribution is 2.49. The number of amides is 1. The number of carboxylic acid groups (broad SMARTS) is 1. The summed E-state index contributed by atoms with van der Waals surface area (Å²) in [6.45, 7) is 0.570. The lowest BCUT2D eigenvalue weighted by Crippen LogP contribution is -2.58. The van der Waals surface area contributed by atoms with Gasteiger partial charge >= 0.3 is 13.8 Å². The van der Waals surface area contributed by atoms with Gasteiger partial charge in [-0.25, -0.2) is 9.36 Å². The number of hydrogen-bond donors (Lipinski definition) is 5. The Morgan fingerprint density at radius 1 is 1.11 bits per heavy atom. The topological polar surface area (TPSA) is 181 Å². The molecule has 1 aliphatic heterocycles. The van der Waals surface area contributed by atoms with Crippen LogP contribution in [0.5, 0.6) is 11.5 Å². The van der Waals surface area contributed by atoms with Gasteiger partial charge in [-0.2, -0.15) is 0 Å². The molecular weight excluding hydrogens is 509 g/mol. The van der Waals surface area contributed by atoms with E-state index in [0.717, 1.165) is 0 Å². The summed E-state index contributed by atoms with van der Waals surface area (Å²) in [6.07, 6.45) is -4.97. The number of aliphatic hydroxyl groups is 3. The van der Waals surface area contributed by atoms with Crippen molar-refractivity contribution in [3.8, 4) is 11.5 Å². The zero-order valence-electron chi connectivity index (χ0n) is 20.0.